The molecule has 2 aliphatic rings. The average Bonchev–Trinajstić information content (AvgIpc) is 3.12. The largest absolute Gasteiger partial charge is 0.481 e. The number of amides is 2. The number of nitrogens with zero attached hydrogens (tertiary/aromatic N) is 1. The molecule has 0 aromatic carbocycles. The Balaban J connectivity index is 1.90. The van der Waals surface area contributed by atoms with Crippen LogP contribution in [0.3, 0.4) is 0 Å². The summed E-state index contributed by atoms with van der Waals surface area (Å²) in [5, 5.41) is 12.1. The van der Waals surface area contributed by atoms with Crippen LogP contribution in [0.25, 0.3) is 0 Å². The predicted molar refractivity (Wildman–Crippen MR) is 67.3 cm³/mol. The Labute approximate surface area is 108 Å². The number of hydrogen-bond acceptors (Lipinski definition) is 2. The van der Waals surface area contributed by atoms with Crippen molar-refractivity contribution < 1.29 is 14.7 Å². The number of carbonyl (C=O) groups is 2. The number of nitrogens with one attached hydrogen (secondary N) is 1. The highest BCUT2D eigenvalue weighted by molar-refractivity contribution is 5.77. The average molecular weight is 254 g/mol. The van der Waals surface area contributed by atoms with E-state index in [0.717, 1.165) is 6.42 Å². The molecule has 1 heterocycles. The van der Waals surface area contributed by atoms with Crippen LogP contribution in [0.1, 0.15) is 39.5 Å². The summed E-state index contributed by atoms with van der Waals surface area (Å²) in [7, 11) is 0. The quantitative estimate of drug-likeness (QED) is 0.805. The minimum atomic E-state index is -0.797. The van der Waals surface area contributed by atoms with Crippen molar-refractivity contribution in [2.75, 3.05) is 13.1 Å². The summed E-state index contributed by atoms with van der Waals surface area (Å²) in [5.41, 5.74) is -0.173. The van der Waals surface area contributed by atoms with Gasteiger partial charge in [-0.25, -0.2) is 4.79 Å². The molecular formula is C13H22N2O3. The smallest absolute Gasteiger partial charge is 0.317 e. The van der Waals surface area contributed by atoms with Crippen molar-refractivity contribution in [3.8, 4) is 0 Å². The molecule has 0 aromatic rings. The SMILES string of the molecule is CC(C)(NC(=O)N1CCCC(C(=O)O)C1)C1CC1. The molecule has 1 aliphatic heterocycles. The lowest BCUT2D eigenvalue weighted by Crippen LogP contribution is -2.54. The Morgan fingerprint density at radius 1 is 1.28 bits per heavy atom. The molecule has 0 radical (unpaired) electrons. The maximum atomic E-state index is 12.1. The number of rotatable bonds is 3. The zero-order valence-corrected chi connectivity index (χ0v) is 11.1. The zero-order valence-electron chi connectivity index (χ0n) is 11.1. The first-order valence-corrected chi connectivity index (χ1v) is 6.70. The number of hydrogen-bond donors (Lipinski definition) is 2. The molecular weight excluding hydrogens is 232 g/mol. The Hall–Kier alpha value is -1.26. The van der Waals surface area contributed by atoms with Crippen molar-refractivity contribution in [2.45, 2.75) is 45.1 Å². The van der Waals surface area contributed by atoms with Crippen LogP contribution in [-0.4, -0.2) is 40.6 Å². The summed E-state index contributed by atoms with van der Waals surface area (Å²) in [6.07, 6.45) is 3.79. The van der Waals surface area contributed by atoms with Gasteiger partial charge in [-0.3, -0.25) is 4.79 Å². The molecule has 18 heavy (non-hydrogen) atoms. The van der Waals surface area contributed by atoms with Gasteiger partial charge in [0.2, 0.25) is 0 Å². The number of carbonyl (C=O) groups excluding carboxylic acids is 1. The summed E-state index contributed by atoms with van der Waals surface area (Å²) in [6.45, 7) is 5.08. The lowest BCUT2D eigenvalue weighted by atomic mass is 9.97. The predicted octanol–water partition coefficient (Wildman–Crippen LogP) is 1.68. The Morgan fingerprint density at radius 3 is 2.50 bits per heavy atom. The number of carboxylic acid groups (broad SMARTS) is 1. The van der Waals surface area contributed by atoms with Crippen molar-refractivity contribution in [3.63, 3.8) is 0 Å². The van der Waals surface area contributed by atoms with Crippen LogP contribution in [0.2, 0.25) is 0 Å². The Kier molecular flexibility index (Phi) is 3.50. The molecule has 0 bridgehead atoms. The molecule has 1 unspecified atom stereocenters. The van der Waals surface area contributed by atoms with Gasteiger partial charge in [0.1, 0.15) is 0 Å². The molecule has 1 aliphatic carbocycles. The molecule has 0 spiro atoms. The summed E-state index contributed by atoms with van der Waals surface area (Å²) >= 11 is 0. The summed E-state index contributed by atoms with van der Waals surface area (Å²) in [4.78, 5) is 24.7. The second-order valence-corrected chi connectivity index (χ2v) is 6.05. The van der Waals surface area contributed by atoms with Gasteiger partial charge in [0.25, 0.3) is 0 Å². The van der Waals surface area contributed by atoms with E-state index in [1.807, 2.05) is 13.8 Å². The maximum absolute atomic E-state index is 12.1. The number of carboxylic acids is 1. The van der Waals surface area contributed by atoms with Crippen LogP contribution in [0.5, 0.6) is 0 Å². The van der Waals surface area contributed by atoms with Crippen LogP contribution in [0, 0.1) is 11.8 Å². The second kappa shape index (κ2) is 4.78. The second-order valence-electron chi connectivity index (χ2n) is 6.05. The van der Waals surface area contributed by atoms with Gasteiger partial charge in [-0.15, -0.1) is 0 Å². The van der Waals surface area contributed by atoms with Gasteiger partial charge in [-0.2, -0.15) is 0 Å². The van der Waals surface area contributed by atoms with Crippen LogP contribution < -0.4 is 5.32 Å². The fourth-order valence-corrected chi connectivity index (χ4v) is 2.62. The van der Waals surface area contributed by atoms with Crippen molar-refractivity contribution in [1.29, 1.82) is 0 Å². The minimum Gasteiger partial charge on any atom is -0.481 e. The van der Waals surface area contributed by atoms with Crippen molar-refractivity contribution in [2.24, 2.45) is 11.8 Å². The standard InChI is InChI=1S/C13H22N2O3/c1-13(2,10-5-6-10)14-12(18)15-7-3-4-9(8-15)11(16)17/h9-10H,3-8H2,1-2H3,(H,14,18)(H,16,17). The van der Waals surface area contributed by atoms with E-state index in [1.54, 1.807) is 4.90 Å². The van der Waals surface area contributed by atoms with E-state index in [1.165, 1.54) is 12.8 Å². The van der Waals surface area contributed by atoms with Gasteiger partial charge in [-0.05, 0) is 45.4 Å². The highest BCUT2D eigenvalue weighted by atomic mass is 16.4. The number of likely N-dealkylation sites (tertiary alicyclic amines) is 1. The fourth-order valence-electron chi connectivity index (χ4n) is 2.62. The molecule has 2 fully saturated rings. The molecule has 2 rings (SSSR count). The first-order chi connectivity index (χ1) is 8.40. The van der Waals surface area contributed by atoms with Crippen molar-refractivity contribution in [3.05, 3.63) is 0 Å². The maximum Gasteiger partial charge on any atom is 0.317 e. The third kappa shape index (κ3) is 2.94. The first-order valence-electron chi connectivity index (χ1n) is 6.70. The molecule has 1 saturated carbocycles. The molecule has 2 N–H and O–H groups in total. The topological polar surface area (TPSA) is 69.6 Å². The number of aliphatic carboxylic acids is 1. The van der Waals surface area contributed by atoms with E-state index in [2.05, 4.69) is 5.32 Å². The van der Waals surface area contributed by atoms with Crippen molar-refractivity contribution >= 4 is 12.0 Å². The number of urea groups is 1. The van der Waals surface area contributed by atoms with Gasteiger partial charge < -0.3 is 15.3 Å². The highest BCUT2D eigenvalue weighted by Gasteiger charge is 2.40. The first kappa shape index (κ1) is 13.2. The monoisotopic (exact) mass is 254 g/mol. The van der Waals surface area contributed by atoms with Gasteiger partial charge >= 0.3 is 12.0 Å². The molecule has 5 nitrogen and oxygen atoms in total. The van der Waals surface area contributed by atoms with Crippen LogP contribution in [-0.2, 0) is 4.79 Å². The Morgan fingerprint density at radius 2 is 1.94 bits per heavy atom. The number of piperidine rings is 1. The van der Waals surface area contributed by atoms with E-state index in [9.17, 15) is 9.59 Å². The highest BCUT2D eigenvalue weighted by Crippen LogP contribution is 2.39. The normalized spacial score (nSPS) is 24.8. The molecule has 2 amide bonds. The van der Waals surface area contributed by atoms with Crippen LogP contribution in [0.4, 0.5) is 4.79 Å². The molecule has 102 valence electrons. The van der Waals surface area contributed by atoms with E-state index in [-0.39, 0.29) is 11.6 Å². The van der Waals surface area contributed by atoms with Crippen LogP contribution >= 0.6 is 0 Å². The van der Waals surface area contributed by atoms with E-state index in [4.69, 9.17) is 5.11 Å². The zero-order chi connectivity index (χ0) is 13.3. The molecule has 0 aromatic heterocycles. The van der Waals surface area contributed by atoms with E-state index >= 15 is 0 Å². The molecule has 1 atom stereocenters. The molecule has 5 heteroatoms. The van der Waals surface area contributed by atoms with E-state index < -0.39 is 11.9 Å². The van der Waals surface area contributed by atoms with Crippen molar-refractivity contribution in [1.82, 2.24) is 10.2 Å². The molecule has 1 saturated heterocycles. The third-order valence-corrected chi connectivity index (χ3v) is 4.08. The summed E-state index contributed by atoms with van der Waals surface area (Å²) in [6, 6.07) is -0.113. The van der Waals surface area contributed by atoms with Gasteiger partial charge in [0, 0.05) is 18.6 Å². The van der Waals surface area contributed by atoms with E-state index in [0.29, 0.717) is 25.4 Å². The fraction of sp³-hybridized carbons (Fsp3) is 0.846. The third-order valence-electron chi connectivity index (χ3n) is 4.08. The van der Waals surface area contributed by atoms with Gasteiger partial charge in [0.05, 0.1) is 5.92 Å². The Bertz CT molecular complexity index is 350. The van der Waals surface area contributed by atoms with Crippen LogP contribution in [0.15, 0.2) is 0 Å². The lowest BCUT2D eigenvalue weighted by Gasteiger charge is -2.35. The van der Waals surface area contributed by atoms with Gasteiger partial charge in [-0.1, -0.05) is 0 Å². The summed E-state index contributed by atoms with van der Waals surface area (Å²) in [5.74, 6) is -0.635. The summed E-state index contributed by atoms with van der Waals surface area (Å²) < 4.78 is 0. The minimum absolute atomic E-state index is 0.113. The van der Waals surface area contributed by atoms with Gasteiger partial charge in [0.15, 0.2) is 0 Å². The lowest BCUT2D eigenvalue weighted by molar-refractivity contribution is -0.143.